The molecule has 1 heterocycles. The summed E-state index contributed by atoms with van der Waals surface area (Å²) in [6, 6.07) is 9.60. The highest BCUT2D eigenvalue weighted by Gasteiger charge is 2.24. The quantitative estimate of drug-likeness (QED) is 0.822. The zero-order valence-corrected chi connectivity index (χ0v) is 10.4. The summed E-state index contributed by atoms with van der Waals surface area (Å²) < 4.78 is 0. The van der Waals surface area contributed by atoms with Crippen LogP contribution in [0.4, 0.5) is 5.69 Å². The molecule has 0 spiro atoms. The lowest BCUT2D eigenvalue weighted by Crippen LogP contribution is -2.38. The first-order valence-corrected chi connectivity index (χ1v) is 6.31. The van der Waals surface area contributed by atoms with Crippen molar-refractivity contribution in [2.24, 2.45) is 5.92 Å². The van der Waals surface area contributed by atoms with Gasteiger partial charge in [-0.05, 0) is 38.1 Å². The molecule has 94 valence electrons. The van der Waals surface area contributed by atoms with Crippen LogP contribution in [-0.2, 0) is 4.79 Å². The van der Waals surface area contributed by atoms with E-state index in [2.05, 4.69) is 16.1 Å². The van der Waals surface area contributed by atoms with Crippen molar-refractivity contribution in [1.29, 1.82) is 0 Å². The van der Waals surface area contributed by atoms with Crippen LogP contribution in [0.25, 0.3) is 0 Å². The largest absolute Gasteiger partial charge is 0.326 e. The van der Waals surface area contributed by atoms with Gasteiger partial charge in [-0.2, -0.15) is 0 Å². The molecule has 1 aromatic carbocycles. The number of para-hydroxylation sites is 1. The Morgan fingerprint density at radius 3 is 2.61 bits per heavy atom. The topological polar surface area (TPSA) is 32.3 Å². The molecule has 18 heavy (non-hydrogen) atoms. The molecule has 0 aliphatic carbocycles. The summed E-state index contributed by atoms with van der Waals surface area (Å²) in [5.74, 6) is 2.88. The molecule has 0 atom stereocenters. The van der Waals surface area contributed by atoms with E-state index in [-0.39, 0.29) is 11.8 Å². The molecule has 1 aliphatic heterocycles. The average molecular weight is 242 g/mol. The first-order valence-electron chi connectivity index (χ1n) is 6.31. The highest BCUT2D eigenvalue weighted by molar-refractivity contribution is 5.92. The molecule has 3 nitrogen and oxygen atoms in total. The van der Waals surface area contributed by atoms with Gasteiger partial charge < -0.3 is 5.32 Å². The molecule has 2 rings (SSSR count). The van der Waals surface area contributed by atoms with Gasteiger partial charge in [-0.1, -0.05) is 24.1 Å². The lowest BCUT2D eigenvalue weighted by Gasteiger charge is -2.29. The number of terminal acetylenes is 1. The van der Waals surface area contributed by atoms with Gasteiger partial charge in [-0.15, -0.1) is 6.42 Å². The Morgan fingerprint density at radius 2 is 2.00 bits per heavy atom. The highest BCUT2D eigenvalue weighted by atomic mass is 16.1. The van der Waals surface area contributed by atoms with Crippen molar-refractivity contribution in [2.75, 3.05) is 25.0 Å². The molecule has 1 fully saturated rings. The molecule has 1 saturated heterocycles. The van der Waals surface area contributed by atoms with Crippen LogP contribution in [-0.4, -0.2) is 30.4 Å². The normalized spacial score (nSPS) is 17.1. The third-order valence-corrected chi connectivity index (χ3v) is 3.31. The summed E-state index contributed by atoms with van der Waals surface area (Å²) in [6.07, 6.45) is 7.06. The molecule has 0 bridgehead atoms. The van der Waals surface area contributed by atoms with E-state index in [9.17, 15) is 4.79 Å². The molecular weight excluding hydrogens is 224 g/mol. The Bertz CT molecular complexity index is 428. The molecule has 3 heteroatoms. The van der Waals surface area contributed by atoms with Gasteiger partial charge in [0, 0.05) is 11.6 Å². The number of likely N-dealkylation sites (tertiary alicyclic amines) is 1. The number of carbonyl (C=O) groups excluding carboxylic acids is 1. The fourth-order valence-corrected chi connectivity index (χ4v) is 2.25. The van der Waals surface area contributed by atoms with Gasteiger partial charge in [0.05, 0.1) is 6.54 Å². The van der Waals surface area contributed by atoms with Crippen LogP contribution in [0.5, 0.6) is 0 Å². The van der Waals surface area contributed by atoms with E-state index < -0.39 is 0 Å². The van der Waals surface area contributed by atoms with Crippen LogP contribution in [0, 0.1) is 18.3 Å². The molecule has 1 aliphatic rings. The van der Waals surface area contributed by atoms with Crippen molar-refractivity contribution in [3.8, 4) is 12.3 Å². The lowest BCUT2D eigenvalue weighted by molar-refractivity contribution is -0.121. The first-order chi connectivity index (χ1) is 8.79. The fraction of sp³-hybridized carbons (Fsp3) is 0.400. The lowest BCUT2D eigenvalue weighted by atomic mass is 9.96. The van der Waals surface area contributed by atoms with Gasteiger partial charge in [0.2, 0.25) is 5.91 Å². The predicted octanol–water partition coefficient (Wildman–Crippen LogP) is 1.97. The third kappa shape index (κ3) is 3.35. The van der Waals surface area contributed by atoms with E-state index in [1.807, 2.05) is 30.3 Å². The maximum absolute atomic E-state index is 12.1. The molecular formula is C15H18N2O. The first kappa shape index (κ1) is 12.7. The van der Waals surface area contributed by atoms with Gasteiger partial charge in [0.15, 0.2) is 0 Å². The molecule has 1 N–H and O–H groups in total. The van der Waals surface area contributed by atoms with Crippen LogP contribution in [0.1, 0.15) is 12.8 Å². The molecule has 0 radical (unpaired) electrons. The number of nitrogens with one attached hydrogen (secondary N) is 1. The number of carbonyl (C=O) groups is 1. The standard InChI is InChI=1S/C15H18N2O/c1-2-10-17-11-8-13(9-12-17)15(18)16-14-6-4-3-5-7-14/h1,3-7,13H,8-12H2,(H,16,18). The second kappa shape index (κ2) is 6.23. The van der Waals surface area contributed by atoms with Crippen LogP contribution < -0.4 is 5.32 Å². The van der Waals surface area contributed by atoms with Crippen molar-refractivity contribution >= 4 is 11.6 Å². The number of hydrogen-bond acceptors (Lipinski definition) is 2. The van der Waals surface area contributed by atoms with Gasteiger partial charge >= 0.3 is 0 Å². The van der Waals surface area contributed by atoms with Crippen LogP contribution in [0.3, 0.4) is 0 Å². The maximum atomic E-state index is 12.1. The van der Waals surface area contributed by atoms with Crippen molar-refractivity contribution in [2.45, 2.75) is 12.8 Å². The van der Waals surface area contributed by atoms with Crippen molar-refractivity contribution in [3.63, 3.8) is 0 Å². The minimum Gasteiger partial charge on any atom is -0.326 e. The second-order valence-electron chi connectivity index (χ2n) is 4.61. The minimum atomic E-state index is 0.110. The Hall–Kier alpha value is -1.79. The third-order valence-electron chi connectivity index (χ3n) is 3.31. The van der Waals surface area contributed by atoms with Gasteiger partial charge in [-0.3, -0.25) is 9.69 Å². The van der Waals surface area contributed by atoms with E-state index in [4.69, 9.17) is 6.42 Å². The highest BCUT2D eigenvalue weighted by Crippen LogP contribution is 2.19. The van der Waals surface area contributed by atoms with Crippen LogP contribution in [0.15, 0.2) is 30.3 Å². The fourth-order valence-electron chi connectivity index (χ4n) is 2.25. The summed E-state index contributed by atoms with van der Waals surface area (Å²) in [5.41, 5.74) is 0.869. The Balaban J connectivity index is 1.83. The van der Waals surface area contributed by atoms with E-state index in [0.717, 1.165) is 31.6 Å². The van der Waals surface area contributed by atoms with E-state index in [1.165, 1.54) is 0 Å². The summed E-state index contributed by atoms with van der Waals surface area (Å²) in [6.45, 7) is 2.52. The smallest absolute Gasteiger partial charge is 0.227 e. The summed E-state index contributed by atoms with van der Waals surface area (Å²) in [7, 11) is 0. The number of benzene rings is 1. The Kier molecular flexibility index (Phi) is 4.38. The number of nitrogens with zero attached hydrogens (tertiary/aromatic N) is 1. The predicted molar refractivity (Wildman–Crippen MR) is 73.1 cm³/mol. The van der Waals surface area contributed by atoms with Gasteiger partial charge in [0.25, 0.3) is 0 Å². The Labute approximate surface area is 108 Å². The zero-order chi connectivity index (χ0) is 12.8. The van der Waals surface area contributed by atoms with Crippen LogP contribution in [0.2, 0.25) is 0 Å². The molecule has 1 amide bonds. The number of anilines is 1. The number of piperidine rings is 1. The minimum absolute atomic E-state index is 0.110. The van der Waals surface area contributed by atoms with Gasteiger partial charge in [0.1, 0.15) is 0 Å². The molecule has 0 aromatic heterocycles. The Morgan fingerprint density at radius 1 is 1.33 bits per heavy atom. The summed E-state index contributed by atoms with van der Waals surface area (Å²) >= 11 is 0. The number of hydrogen-bond donors (Lipinski definition) is 1. The molecule has 1 aromatic rings. The number of amides is 1. The van der Waals surface area contributed by atoms with Crippen molar-refractivity contribution in [3.05, 3.63) is 30.3 Å². The summed E-state index contributed by atoms with van der Waals surface area (Å²) in [5, 5.41) is 2.96. The van der Waals surface area contributed by atoms with Crippen molar-refractivity contribution in [1.82, 2.24) is 4.90 Å². The van der Waals surface area contributed by atoms with E-state index >= 15 is 0 Å². The van der Waals surface area contributed by atoms with Gasteiger partial charge in [-0.25, -0.2) is 0 Å². The SMILES string of the molecule is C#CCN1CCC(C(=O)Nc2ccccc2)CC1. The number of rotatable bonds is 3. The monoisotopic (exact) mass is 242 g/mol. The van der Waals surface area contributed by atoms with E-state index in [1.54, 1.807) is 0 Å². The second-order valence-corrected chi connectivity index (χ2v) is 4.61. The van der Waals surface area contributed by atoms with E-state index in [0.29, 0.717) is 6.54 Å². The zero-order valence-electron chi connectivity index (χ0n) is 10.4. The summed E-state index contributed by atoms with van der Waals surface area (Å²) in [4.78, 5) is 14.3. The van der Waals surface area contributed by atoms with Crippen molar-refractivity contribution < 1.29 is 4.79 Å². The maximum Gasteiger partial charge on any atom is 0.227 e. The molecule has 0 unspecified atom stereocenters. The average Bonchev–Trinajstić information content (AvgIpc) is 2.41. The molecule has 0 saturated carbocycles. The van der Waals surface area contributed by atoms with Crippen LogP contribution >= 0.6 is 0 Å².